The standard InChI is InChI=1S/C13H11ClN2OS/c14-12-7-11(13(18)16-15-12)8-1-3-9(4-2-8)17-10-5-6-10/h1-4,7,10H,5-6H2,(H,16,18). The van der Waals surface area contributed by atoms with E-state index in [4.69, 9.17) is 28.6 Å². The van der Waals surface area contributed by atoms with Crippen LogP contribution >= 0.6 is 23.8 Å². The Hall–Kier alpha value is -1.39. The van der Waals surface area contributed by atoms with Crippen molar-refractivity contribution in [1.82, 2.24) is 10.2 Å². The Bertz CT molecular complexity index is 620. The van der Waals surface area contributed by atoms with Gasteiger partial charge >= 0.3 is 0 Å². The molecule has 0 unspecified atom stereocenters. The molecule has 0 amide bonds. The molecular weight excluding hydrogens is 268 g/mol. The van der Waals surface area contributed by atoms with Gasteiger partial charge in [0, 0.05) is 5.56 Å². The van der Waals surface area contributed by atoms with Gasteiger partial charge in [0.15, 0.2) is 0 Å². The van der Waals surface area contributed by atoms with E-state index in [9.17, 15) is 0 Å². The van der Waals surface area contributed by atoms with E-state index in [1.165, 1.54) is 0 Å². The van der Waals surface area contributed by atoms with Crippen molar-refractivity contribution < 1.29 is 4.74 Å². The molecule has 3 rings (SSSR count). The second-order valence-corrected chi connectivity index (χ2v) is 5.07. The Morgan fingerprint density at radius 2 is 2.00 bits per heavy atom. The number of nitrogens with one attached hydrogen (secondary N) is 1. The zero-order valence-corrected chi connectivity index (χ0v) is 11.1. The average Bonchev–Trinajstić information content (AvgIpc) is 3.17. The van der Waals surface area contributed by atoms with Gasteiger partial charge in [-0.05, 0) is 36.6 Å². The molecule has 0 saturated heterocycles. The lowest BCUT2D eigenvalue weighted by atomic mass is 10.1. The molecule has 3 nitrogen and oxygen atoms in total. The third-order valence-electron chi connectivity index (χ3n) is 2.76. The van der Waals surface area contributed by atoms with E-state index in [0.29, 0.717) is 15.9 Å². The summed E-state index contributed by atoms with van der Waals surface area (Å²) < 4.78 is 6.28. The predicted molar refractivity (Wildman–Crippen MR) is 73.5 cm³/mol. The summed E-state index contributed by atoms with van der Waals surface area (Å²) >= 11 is 11.1. The van der Waals surface area contributed by atoms with Crippen LogP contribution in [0.3, 0.4) is 0 Å². The average molecular weight is 279 g/mol. The van der Waals surface area contributed by atoms with Gasteiger partial charge in [-0.15, -0.1) is 0 Å². The molecule has 0 spiro atoms. The topological polar surface area (TPSA) is 37.9 Å². The van der Waals surface area contributed by atoms with Crippen molar-refractivity contribution in [2.75, 3.05) is 0 Å². The lowest BCUT2D eigenvalue weighted by Crippen LogP contribution is -1.95. The smallest absolute Gasteiger partial charge is 0.150 e. The SMILES string of the molecule is S=c1[nH]nc(Cl)cc1-c1ccc(OC2CC2)cc1. The minimum Gasteiger partial charge on any atom is -0.490 e. The van der Waals surface area contributed by atoms with Gasteiger partial charge in [-0.25, -0.2) is 0 Å². The van der Waals surface area contributed by atoms with Crippen LogP contribution in [-0.4, -0.2) is 16.3 Å². The number of aromatic amines is 1. The van der Waals surface area contributed by atoms with Gasteiger partial charge in [-0.1, -0.05) is 36.0 Å². The summed E-state index contributed by atoms with van der Waals surface area (Å²) in [7, 11) is 0. The third-order valence-corrected chi connectivity index (χ3v) is 3.27. The Balaban J connectivity index is 1.91. The van der Waals surface area contributed by atoms with Gasteiger partial charge in [0.05, 0.1) is 6.10 Å². The largest absolute Gasteiger partial charge is 0.490 e. The first kappa shape index (κ1) is 11.7. The first-order valence-corrected chi connectivity index (χ1v) is 6.53. The summed E-state index contributed by atoms with van der Waals surface area (Å²) in [5, 5.41) is 6.97. The monoisotopic (exact) mass is 278 g/mol. The summed E-state index contributed by atoms with van der Waals surface area (Å²) in [5.41, 5.74) is 1.88. The van der Waals surface area contributed by atoms with Crippen molar-refractivity contribution in [2.24, 2.45) is 0 Å². The first-order chi connectivity index (χ1) is 8.72. The van der Waals surface area contributed by atoms with Crippen LogP contribution < -0.4 is 4.74 Å². The molecule has 0 radical (unpaired) electrons. The molecule has 1 aliphatic carbocycles. The zero-order valence-electron chi connectivity index (χ0n) is 9.52. The summed E-state index contributed by atoms with van der Waals surface area (Å²) in [6.45, 7) is 0. The number of benzene rings is 1. The van der Waals surface area contributed by atoms with E-state index in [1.54, 1.807) is 6.07 Å². The fraction of sp³-hybridized carbons (Fsp3) is 0.231. The van der Waals surface area contributed by atoms with Crippen LogP contribution in [0.2, 0.25) is 5.15 Å². The molecule has 1 N–H and O–H groups in total. The van der Waals surface area contributed by atoms with Crippen LogP contribution in [0, 0.1) is 4.64 Å². The van der Waals surface area contributed by atoms with Crippen LogP contribution in [0.15, 0.2) is 30.3 Å². The third kappa shape index (κ3) is 2.54. The summed E-state index contributed by atoms with van der Waals surface area (Å²) in [6.07, 6.45) is 2.73. The molecule has 1 saturated carbocycles. The summed E-state index contributed by atoms with van der Waals surface area (Å²) in [4.78, 5) is 0. The van der Waals surface area contributed by atoms with Gasteiger partial charge < -0.3 is 4.74 Å². The molecule has 1 aliphatic rings. The van der Waals surface area contributed by atoms with E-state index in [1.807, 2.05) is 24.3 Å². The van der Waals surface area contributed by atoms with Gasteiger partial charge in [-0.3, -0.25) is 5.10 Å². The number of rotatable bonds is 3. The molecule has 0 bridgehead atoms. The molecule has 1 aromatic heterocycles. The van der Waals surface area contributed by atoms with Gasteiger partial charge in [0.25, 0.3) is 0 Å². The minimum absolute atomic E-state index is 0.400. The van der Waals surface area contributed by atoms with Crippen molar-refractivity contribution >= 4 is 23.8 Å². The molecule has 5 heteroatoms. The maximum atomic E-state index is 5.86. The Morgan fingerprint density at radius 3 is 2.67 bits per heavy atom. The fourth-order valence-corrected chi connectivity index (χ4v) is 2.06. The van der Waals surface area contributed by atoms with E-state index >= 15 is 0 Å². The predicted octanol–water partition coefficient (Wildman–Crippen LogP) is 4.00. The van der Waals surface area contributed by atoms with Crippen molar-refractivity contribution in [3.8, 4) is 16.9 Å². The minimum atomic E-state index is 0.400. The number of hydrogen-bond donors (Lipinski definition) is 1. The maximum Gasteiger partial charge on any atom is 0.150 e. The van der Waals surface area contributed by atoms with E-state index < -0.39 is 0 Å². The Kier molecular flexibility index (Phi) is 3.06. The number of H-pyrrole nitrogens is 1. The van der Waals surface area contributed by atoms with Crippen molar-refractivity contribution in [2.45, 2.75) is 18.9 Å². The quantitative estimate of drug-likeness (QED) is 0.863. The van der Waals surface area contributed by atoms with Crippen LogP contribution in [0.1, 0.15) is 12.8 Å². The number of halogens is 1. The second-order valence-electron chi connectivity index (χ2n) is 4.28. The molecule has 92 valence electrons. The number of hydrogen-bond acceptors (Lipinski definition) is 3. The highest BCUT2D eigenvalue weighted by Crippen LogP contribution is 2.29. The lowest BCUT2D eigenvalue weighted by Gasteiger charge is -2.06. The van der Waals surface area contributed by atoms with E-state index in [0.717, 1.165) is 29.7 Å². The molecule has 18 heavy (non-hydrogen) atoms. The first-order valence-electron chi connectivity index (χ1n) is 5.75. The normalized spacial score (nSPS) is 14.5. The summed E-state index contributed by atoms with van der Waals surface area (Å²) in [5.74, 6) is 0.899. The highest BCUT2D eigenvalue weighted by molar-refractivity contribution is 7.71. The van der Waals surface area contributed by atoms with Crippen LogP contribution in [-0.2, 0) is 0 Å². The fourth-order valence-electron chi connectivity index (χ4n) is 1.69. The lowest BCUT2D eigenvalue weighted by molar-refractivity contribution is 0.303. The number of ether oxygens (including phenoxy) is 1. The van der Waals surface area contributed by atoms with Gasteiger partial charge in [-0.2, -0.15) is 5.10 Å². The van der Waals surface area contributed by atoms with Crippen molar-refractivity contribution in [1.29, 1.82) is 0 Å². The molecule has 2 aromatic rings. The Labute approximate surface area is 115 Å². The van der Waals surface area contributed by atoms with Gasteiger partial charge in [0.2, 0.25) is 0 Å². The second kappa shape index (κ2) is 4.71. The molecule has 1 heterocycles. The van der Waals surface area contributed by atoms with Crippen LogP contribution in [0.25, 0.3) is 11.1 Å². The number of aromatic nitrogens is 2. The van der Waals surface area contributed by atoms with Gasteiger partial charge in [0.1, 0.15) is 15.5 Å². The molecule has 1 aromatic carbocycles. The zero-order chi connectivity index (χ0) is 12.5. The summed E-state index contributed by atoms with van der Waals surface area (Å²) in [6, 6.07) is 9.63. The highest BCUT2D eigenvalue weighted by Gasteiger charge is 2.23. The van der Waals surface area contributed by atoms with Crippen molar-refractivity contribution in [3.05, 3.63) is 40.1 Å². The van der Waals surface area contributed by atoms with E-state index in [-0.39, 0.29) is 0 Å². The Morgan fingerprint density at radius 1 is 1.28 bits per heavy atom. The molecule has 1 fully saturated rings. The number of nitrogens with zero attached hydrogens (tertiary/aromatic N) is 1. The van der Waals surface area contributed by atoms with Crippen LogP contribution in [0.4, 0.5) is 0 Å². The maximum absolute atomic E-state index is 5.86. The van der Waals surface area contributed by atoms with Crippen LogP contribution in [0.5, 0.6) is 5.75 Å². The molecule has 0 atom stereocenters. The van der Waals surface area contributed by atoms with E-state index in [2.05, 4.69) is 10.2 Å². The molecular formula is C13H11ClN2OS. The molecule has 0 aliphatic heterocycles. The highest BCUT2D eigenvalue weighted by atomic mass is 35.5. The van der Waals surface area contributed by atoms with Crippen molar-refractivity contribution in [3.63, 3.8) is 0 Å².